The lowest BCUT2D eigenvalue weighted by Crippen LogP contribution is -2.35. The van der Waals surface area contributed by atoms with Gasteiger partial charge < -0.3 is 16.2 Å². The van der Waals surface area contributed by atoms with E-state index in [2.05, 4.69) is 15.5 Å². The Bertz CT molecular complexity index is 549. The third-order valence-corrected chi connectivity index (χ3v) is 2.45. The Morgan fingerprint density at radius 2 is 2.41 bits per heavy atom. The number of nitrogens with zero attached hydrogens (tertiary/aromatic N) is 1. The lowest BCUT2D eigenvalue weighted by molar-refractivity contribution is 0.0919. The molecule has 0 saturated heterocycles. The highest BCUT2D eigenvalue weighted by molar-refractivity contribution is 6.05. The first-order chi connectivity index (χ1) is 8.11. The van der Waals surface area contributed by atoms with E-state index < -0.39 is 0 Å². The number of hydrogen-bond donors (Lipinski definition) is 4. The molecule has 2 aromatic rings. The van der Waals surface area contributed by atoms with E-state index in [0.29, 0.717) is 11.1 Å². The summed E-state index contributed by atoms with van der Waals surface area (Å²) in [6.45, 7) is 1.59. The van der Waals surface area contributed by atoms with E-state index in [1.165, 1.54) is 0 Å². The van der Waals surface area contributed by atoms with Gasteiger partial charge in [0, 0.05) is 17.1 Å². The van der Waals surface area contributed by atoms with Crippen molar-refractivity contribution >= 4 is 22.5 Å². The molecular weight excluding hydrogens is 220 g/mol. The predicted octanol–water partition coefficient (Wildman–Crippen LogP) is 0.256. The average Bonchev–Trinajstić information content (AvgIpc) is 2.71. The van der Waals surface area contributed by atoms with E-state index in [1.807, 2.05) is 0 Å². The van der Waals surface area contributed by atoms with Gasteiger partial charge in [0.15, 0.2) is 5.69 Å². The molecular formula is C11H14N4O2. The standard InChI is InChI=1S/C11H14N4O2/c1-6(5-16)13-11(17)10-8-4-7(12)2-3-9(8)14-15-10/h2-4,6,16H,5,12H2,1H3,(H,13,17)(H,14,15)/t6-/m0/s1. The van der Waals surface area contributed by atoms with Crippen molar-refractivity contribution in [1.29, 1.82) is 0 Å². The van der Waals surface area contributed by atoms with Gasteiger partial charge in [-0.3, -0.25) is 9.89 Å². The van der Waals surface area contributed by atoms with E-state index in [-0.39, 0.29) is 24.2 Å². The molecule has 1 aromatic heterocycles. The summed E-state index contributed by atoms with van der Waals surface area (Å²) in [6.07, 6.45) is 0. The molecule has 0 aliphatic heterocycles. The fourth-order valence-corrected chi connectivity index (χ4v) is 1.54. The Balaban J connectivity index is 2.35. The van der Waals surface area contributed by atoms with Gasteiger partial charge in [-0.25, -0.2) is 0 Å². The number of aromatic nitrogens is 2. The Kier molecular flexibility index (Phi) is 2.97. The number of anilines is 1. The second kappa shape index (κ2) is 4.42. The molecule has 0 aliphatic carbocycles. The van der Waals surface area contributed by atoms with Crippen molar-refractivity contribution in [2.24, 2.45) is 0 Å². The maximum absolute atomic E-state index is 11.9. The number of nitrogen functional groups attached to an aromatic ring is 1. The normalized spacial score (nSPS) is 12.6. The zero-order valence-electron chi connectivity index (χ0n) is 9.40. The summed E-state index contributed by atoms with van der Waals surface area (Å²) >= 11 is 0. The monoisotopic (exact) mass is 234 g/mol. The van der Waals surface area contributed by atoms with Gasteiger partial charge in [0.05, 0.1) is 12.1 Å². The maximum Gasteiger partial charge on any atom is 0.272 e. The summed E-state index contributed by atoms with van der Waals surface area (Å²) in [5.41, 5.74) is 7.27. The molecule has 0 spiro atoms. The number of nitrogens with one attached hydrogen (secondary N) is 2. The molecule has 1 amide bonds. The minimum atomic E-state index is -0.330. The van der Waals surface area contributed by atoms with Crippen molar-refractivity contribution in [1.82, 2.24) is 15.5 Å². The van der Waals surface area contributed by atoms with Gasteiger partial charge in [0.1, 0.15) is 0 Å². The van der Waals surface area contributed by atoms with Crippen molar-refractivity contribution in [3.05, 3.63) is 23.9 Å². The number of aliphatic hydroxyl groups is 1. The van der Waals surface area contributed by atoms with Crippen molar-refractivity contribution in [2.45, 2.75) is 13.0 Å². The number of fused-ring (bicyclic) bond motifs is 1. The molecule has 0 saturated carbocycles. The molecule has 0 unspecified atom stereocenters. The van der Waals surface area contributed by atoms with E-state index in [1.54, 1.807) is 25.1 Å². The highest BCUT2D eigenvalue weighted by Gasteiger charge is 2.15. The van der Waals surface area contributed by atoms with Crippen LogP contribution in [0.4, 0.5) is 5.69 Å². The van der Waals surface area contributed by atoms with Crippen molar-refractivity contribution in [2.75, 3.05) is 12.3 Å². The molecule has 0 aliphatic rings. The Hall–Kier alpha value is -2.08. The number of aromatic amines is 1. The van der Waals surface area contributed by atoms with Crippen LogP contribution in [0.1, 0.15) is 17.4 Å². The van der Waals surface area contributed by atoms with Crippen LogP contribution in [-0.4, -0.2) is 33.9 Å². The SMILES string of the molecule is C[C@@H](CO)NC(=O)c1n[nH]c2ccc(N)cc12. The second-order valence-corrected chi connectivity index (χ2v) is 3.93. The van der Waals surface area contributed by atoms with Crippen LogP contribution in [0.3, 0.4) is 0 Å². The Morgan fingerprint density at radius 3 is 3.12 bits per heavy atom. The highest BCUT2D eigenvalue weighted by atomic mass is 16.3. The summed E-state index contributed by atoms with van der Waals surface area (Å²) in [5.74, 6) is -0.330. The lowest BCUT2D eigenvalue weighted by Gasteiger charge is -2.09. The van der Waals surface area contributed by atoms with Gasteiger partial charge in [-0.15, -0.1) is 0 Å². The molecule has 1 atom stereocenters. The lowest BCUT2D eigenvalue weighted by atomic mass is 10.2. The zero-order chi connectivity index (χ0) is 12.4. The zero-order valence-corrected chi connectivity index (χ0v) is 9.40. The Labute approximate surface area is 97.8 Å². The van der Waals surface area contributed by atoms with Crippen LogP contribution in [0.25, 0.3) is 10.9 Å². The van der Waals surface area contributed by atoms with Gasteiger partial charge in [0.25, 0.3) is 5.91 Å². The summed E-state index contributed by atoms with van der Waals surface area (Å²) in [7, 11) is 0. The number of carbonyl (C=O) groups is 1. The minimum absolute atomic E-state index is 0.115. The smallest absolute Gasteiger partial charge is 0.272 e. The van der Waals surface area contributed by atoms with Crippen LogP contribution in [0, 0.1) is 0 Å². The number of rotatable bonds is 3. The molecule has 5 N–H and O–H groups in total. The Morgan fingerprint density at radius 1 is 1.65 bits per heavy atom. The number of carbonyl (C=O) groups excluding carboxylic acids is 1. The molecule has 90 valence electrons. The second-order valence-electron chi connectivity index (χ2n) is 3.93. The van der Waals surface area contributed by atoms with E-state index in [0.717, 1.165) is 5.52 Å². The van der Waals surface area contributed by atoms with E-state index >= 15 is 0 Å². The largest absolute Gasteiger partial charge is 0.399 e. The molecule has 0 fully saturated rings. The maximum atomic E-state index is 11.9. The molecule has 2 rings (SSSR count). The van der Waals surface area contributed by atoms with Crippen molar-refractivity contribution in [3.8, 4) is 0 Å². The summed E-state index contributed by atoms with van der Waals surface area (Å²) < 4.78 is 0. The predicted molar refractivity (Wildman–Crippen MR) is 64.5 cm³/mol. The molecule has 0 radical (unpaired) electrons. The number of amides is 1. The van der Waals surface area contributed by atoms with E-state index in [4.69, 9.17) is 10.8 Å². The van der Waals surface area contributed by atoms with Crippen molar-refractivity contribution in [3.63, 3.8) is 0 Å². The number of H-pyrrole nitrogens is 1. The first kappa shape index (κ1) is 11.4. The minimum Gasteiger partial charge on any atom is -0.399 e. The number of hydrogen-bond acceptors (Lipinski definition) is 4. The molecule has 1 aromatic carbocycles. The number of benzene rings is 1. The van der Waals surface area contributed by atoms with Crippen LogP contribution in [0.2, 0.25) is 0 Å². The third-order valence-electron chi connectivity index (χ3n) is 2.45. The average molecular weight is 234 g/mol. The fourth-order valence-electron chi connectivity index (χ4n) is 1.54. The van der Waals surface area contributed by atoms with Crippen LogP contribution in [0.5, 0.6) is 0 Å². The first-order valence-electron chi connectivity index (χ1n) is 5.27. The van der Waals surface area contributed by atoms with E-state index in [9.17, 15) is 4.79 Å². The van der Waals surface area contributed by atoms with Crippen LogP contribution in [-0.2, 0) is 0 Å². The van der Waals surface area contributed by atoms with Crippen LogP contribution >= 0.6 is 0 Å². The molecule has 1 heterocycles. The molecule has 0 bridgehead atoms. The number of nitrogens with two attached hydrogens (primary N) is 1. The first-order valence-corrected chi connectivity index (χ1v) is 5.27. The highest BCUT2D eigenvalue weighted by Crippen LogP contribution is 2.18. The quantitative estimate of drug-likeness (QED) is 0.571. The summed E-state index contributed by atoms with van der Waals surface area (Å²) in [4.78, 5) is 11.9. The molecule has 6 nitrogen and oxygen atoms in total. The third kappa shape index (κ3) is 2.21. The molecule has 6 heteroatoms. The summed E-state index contributed by atoms with van der Waals surface area (Å²) in [6, 6.07) is 4.88. The van der Waals surface area contributed by atoms with Crippen LogP contribution < -0.4 is 11.1 Å². The van der Waals surface area contributed by atoms with Gasteiger partial charge in [0.2, 0.25) is 0 Å². The van der Waals surface area contributed by atoms with Crippen molar-refractivity contribution < 1.29 is 9.90 Å². The topological polar surface area (TPSA) is 104 Å². The van der Waals surface area contributed by atoms with Gasteiger partial charge in [-0.1, -0.05) is 0 Å². The van der Waals surface area contributed by atoms with Crippen LogP contribution in [0.15, 0.2) is 18.2 Å². The van der Waals surface area contributed by atoms with Gasteiger partial charge in [-0.2, -0.15) is 5.10 Å². The fraction of sp³-hybridized carbons (Fsp3) is 0.273. The summed E-state index contributed by atoms with van der Waals surface area (Å²) in [5, 5.41) is 18.9. The van der Waals surface area contributed by atoms with Gasteiger partial charge >= 0.3 is 0 Å². The van der Waals surface area contributed by atoms with Gasteiger partial charge in [-0.05, 0) is 25.1 Å². The molecule has 17 heavy (non-hydrogen) atoms. The number of aliphatic hydroxyl groups excluding tert-OH is 1.